The average molecular weight is 387 g/mol. The molecule has 2 heterocycles. The number of esters is 1. The molecular weight excluding hydrogens is 358 g/mol. The molecule has 0 atom stereocenters. The van der Waals surface area contributed by atoms with Crippen LogP contribution in [0.15, 0.2) is 11.6 Å². The molecule has 0 aliphatic carbocycles. The molecule has 0 N–H and O–H groups in total. The van der Waals surface area contributed by atoms with Crippen molar-refractivity contribution in [2.45, 2.75) is 40.7 Å². The van der Waals surface area contributed by atoms with Gasteiger partial charge in [-0.3, -0.25) is 4.79 Å². The van der Waals surface area contributed by atoms with Gasteiger partial charge >= 0.3 is 5.97 Å². The molecule has 7 nitrogen and oxygen atoms in total. The molecule has 7 heteroatoms. The first-order valence-electron chi connectivity index (χ1n) is 9.64. The predicted molar refractivity (Wildman–Crippen MR) is 105 cm³/mol. The van der Waals surface area contributed by atoms with E-state index in [1.54, 1.807) is 4.90 Å². The van der Waals surface area contributed by atoms with E-state index in [0.29, 0.717) is 32.2 Å². The van der Waals surface area contributed by atoms with Crippen LogP contribution in [0.3, 0.4) is 0 Å². The number of aryl methyl sites for hydroxylation is 1. The van der Waals surface area contributed by atoms with E-state index in [2.05, 4.69) is 18.4 Å². The molecule has 0 aromatic carbocycles. The standard InChI is InChI=1S/C21H29N3O4/c1-15(2)5-6-24-16(3)11-18(17(24)4)12-19(13-22)21(26)28-14-20(25)23-7-9-27-10-8-23/h11-12,15H,5-10,14H2,1-4H3/b19-12+. The molecule has 0 bridgehead atoms. The van der Waals surface area contributed by atoms with E-state index in [4.69, 9.17) is 9.47 Å². The van der Waals surface area contributed by atoms with E-state index in [1.165, 1.54) is 6.08 Å². The fourth-order valence-corrected chi connectivity index (χ4v) is 3.11. The number of nitrogens with zero attached hydrogens (tertiary/aromatic N) is 3. The number of hydrogen-bond acceptors (Lipinski definition) is 5. The lowest BCUT2D eigenvalue weighted by Gasteiger charge is -2.26. The van der Waals surface area contributed by atoms with Crippen molar-refractivity contribution >= 4 is 18.0 Å². The smallest absolute Gasteiger partial charge is 0.349 e. The summed E-state index contributed by atoms with van der Waals surface area (Å²) >= 11 is 0. The van der Waals surface area contributed by atoms with Crippen LogP contribution in [0.2, 0.25) is 0 Å². The Morgan fingerprint density at radius 1 is 1.32 bits per heavy atom. The number of carbonyl (C=O) groups is 2. The number of morpholine rings is 1. The van der Waals surface area contributed by atoms with Crippen LogP contribution in [0, 0.1) is 31.1 Å². The van der Waals surface area contributed by atoms with Gasteiger partial charge in [0.1, 0.15) is 11.6 Å². The number of aromatic nitrogens is 1. The zero-order valence-electron chi connectivity index (χ0n) is 17.2. The van der Waals surface area contributed by atoms with Crippen LogP contribution in [0.4, 0.5) is 0 Å². The van der Waals surface area contributed by atoms with Crippen molar-refractivity contribution in [2.75, 3.05) is 32.9 Å². The van der Waals surface area contributed by atoms with Crippen LogP contribution in [0.1, 0.15) is 37.2 Å². The number of ether oxygens (including phenoxy) is 2. The van der Waals surface area contributed by atoms with Crippen LogP contribution in [0.25, 0.3) is 6.08 Å². The van der Waals surface area contributed by atoms with Gasteiger partial charge in [-0.25, -0.2) is 4.79 Å². The molecular formula is C21H29N3O4. The highest BCUT2D eigenvalue weighted by Crippen LogP contribution is 2.20. The molecule has 152 valence electrons. The molecule has 1 aromatic heterocycles. The van der Waals surface area contributed by atoms with Gasteiger partial charge < -0.3 is 18.9 Å². The Morgan fingerprint density at radius 3 is 2.61 bits per heavy atom. The Balaban J connectivity index is 2.04. The van der Waals surface area contributed by atoms with Crippen molar-refractivity contribution < 1.29 is 19.1 Å². The second kappa shape index (κ2) is 10.1. The number of rotatable bonds is 7. The highest BCUT2D eigenvalue weighted by Gasteiger charge is 2.20. The van der Waals surface area contributed by atoms with Gasteiger partial charge in [0, 0.05) is 31.0 Å². The Kier molecular flexibility index (Phi) is 7.82. The van der Waals surface area contributed by atoms with Crippen molar-refractivity contribution in [1.82, 2.24) is 9.47 Å². The number of nitriles is 1. The largest absolute Gasteiger partial charge is 0.451 e. The summed E-state index contributed by atoms with van der Waals surface area (Å²) in [4.78, 5) is 25.9. The van der Waals surface area contributed by atoms with E-state index < -0.39 is 5.97 Å². The zero-order valence-corrected chi connectivity index (χ0v) is 17.2. The molecule has 0 radical (unpaired) electrons. The maximum atomic E-state index is 12.3. The van der Waals surface area contributed by atoms with E-state index in [9.17, 15) is 14.9 Å². The van der Waals surface area contributed by atoms with E-state index >= 15 is 0 Å². The van der Waals surface area contributed by atoms with Crippen molar-refractivity contribution in [3.05, 3.63) is 28.6 Å². The highest BCUT2D eigenvalue weighted by atomic mass is 16.5. The maximum Gasteiger partial charge on any atom is 0.349 e. The molecule has 1 saturated heterocycles. The van der Waals surface area contributed by atoms with Crippen LogP contribution in [0.5, 0.6) is 0 Å². The lowest BCUT2D eigenvalue weighted by atomic mass is 10.1. The topological polar surface area (TPSA) is 84.6 Å². The Labute approximate surface area is 166 Å². The second-order valence-corrected chi connectivity index (χ2v) is 7.40. The summed E-state index contributed by atoms with van der Waals surface area (Å²) in [5, 5.41) is 9.38. The van der Waals surface area contributed by atoms with Crippen molar-refractivity contribution in [3.63, 3.8) is 0 Å². The van der Waals surface area contributed by atoms with Crippen LogP contribution < -0.4 is 0 Å². The Morgan fingerprint density at radius 2 is 2.00 bits per heavy atom. The normalized spacial score (nSPS) is 14.9. The predicted octanol–water partition coefficient (Wildman–Crippen LogP) is 2.46. The molecule has 1 fully saturated rings. The van der Waals surface area contributed by atoms with Crippen molar-refractivity contribution in [3.8, 4) is 6.07 Å². The fraction of sp³-hybridized carbons (Fsp3) is 0.571. The van der Waals surface area contributed by atoms with Gasteiger partial charge in [0.05, 0.1) is 13.2 Å². The highest BCUT2D eigenvalue weighted by molar-refractivity contribution is 5.99. The van der Waals surface area contributed by atoms with E-state index in [1.807, 2.05) is 26.0 Å². The van der Waals surface area contributed by atoms with Gasteiger partial charge in [0.25, 0.3) is 5.91 Å². The lowest BCUT2D eigenvalue weighted by Crippen LogP contribution is -2.42. The Bertz CT molecular complexity index is 780. The molecule has 1 amide bonds. The summed E-state index contributed by atoms with van der Waals surface area (Å²) < 4.78 is 12.5. The van der Waals surface area contributed by atoms with E-state index in [0.717, 1.165) is 29.9 Å². The summed E-state index contributed by atoms with van der Waals surface area (Å²) in [5.41, 5.74) is 2.79. The molecule has 0 saturated carbocycles. The molecule has 1 aliphatic heterocycles. The van der Waals surface area contributed by atoms with Crippen molar-refractivity contribution in [2.24, 2.45) is 5.92 Å². The maximum absolute atomic E-state index is 12.3. The summed E-state index contributed by atoms with van der Waals surface area (Å²) in [6.07, 6.45) is 2.59. The van der Waals surface area contributed by atoms with Gasteiger partial charge in [0.15, 0.2) is 6.61 Å². The first-order valence-corrected chi connectivity index (χ1v) is 9.64. The quantitative estimate of drug-likeness (QED) is 0.408. The van der Waals surface area contributed by atoms with Crippen molar-refractivity contribution in [1.29, 1.82) is 5.26 Å². The average Bonchev–Trinajstić information content (AvgIpc) is 2.95. The van der Waals surface area contributed by atoms with E-state index in [-0.39, 0.29) is 18.1 Å². The third kappa shape index (κ3) is 5.70. The number of hydrogen-bond donors (Lipinski definition) is 0. The monoisotopic (exact) mass is 387 g/mol. The van der Waals surface area contributed by atoms with Crippen LogP contribution in [-0.4, -0.2) is 54.3 Å². The second-order valence-electron chi connectivity index (χ2n) is 7.40. The van der Waals surface area contributed by atoms with Crippen LogP contribution in [-0.2, 0) is 25.6 Å². The fourth-order valence-electron chi connectivity index (χ4n) is 3.11. The third-order valence-electron chi connectivity index (χ3n) is 4.87. The van der Waals surface area contributed by atoms with Crippen LogP contribution >= 0.6 is 0 Å². The minimum atomic E-state index is -0.781. The van der Waals surface area contributed by atoms with Gasteiger partial charge in [-0.1, -0.05) is 13.8 Å². The van der Waals surface area contributed by atoms with Gasteiger partial charge in [-0.05, 0) is 43.9 Å². The number of carbonyl (C=O) groups excluding carboxylic acids is 2. The molecule has 28 heavy (non-hydrogen) atoms. The summed E-state index contributed by atoms with van der Waals surface area (Å²) in [6, 6.07) is 3.85. The number of amides is 1. The molecule has 2 rings (SSSR count). The first kappa shape index (κ1) is 21.7. The molecule has 0 spiro atoms. The lowest BCUT2D eigenvalue weighted by molar-refractivity contribution is -0.150. The van der Waals surface area contributed by atoms with Gasteiger partial charge in [0.2, 0.25) is 0 Å². The zero-order chi connectivity index (χ0) is 20.7. The summed E-state index contributed by atoms with van der Waals surface area (Å²) in [5.74, 6) is -0.467. The summed E-state index contributed by atoms with van der Waals surface area (Å²) in [7, 11) is 0. The first-order chi connectivity index (χ1) is 13.3. The van der Waals surface area contributed by atoms with Gasteiger partial charge in [-0.2, -0.15) is 5.26 Å². The summed E-state index contributed by atoms with van der Waals surface area (Å²) in [6.45, 7) is 10.8. The molecule has 1 aromatic rings. The van der Waals surface area contributed by atoms with Gasteiger partial charge in [-0.15, -0.1) is 0 Å². The molecule has 1 aliphatic rings. The Hall–Kier alpha value is -2.59. The SMILES string of the molecule is Cc1cc(/C=C(\C#N)C(=O)OCC(=O)N2CCOCC2)c(C)n1CCC(C)C. The minimum Gasteiger partial charge on any atom is -0.451 e. The molecule has 0 unspecified atom stereocenters. The third-order valence-corrected chi connectivity index (χ3v) is 4.87. The minimum absolute atomic E-state index is 0.112.